The van der Waals surface area contributed by atoms with Crippen LogP contribution in [-0.4, -0.2) is 16.1 Å². The number of aromatic nitrogens is 1. The highest BCUT2D eigenvalue weighted by Crippen LogP contribution is 2.39. The number of halogens is 4. The van der Waals surface area contributed by atoms with Crippen molar-refractivity contribution in [2.24, 2.45) is 0 Å². The van der Waals surface area contributed by atoms with Crippen molar-refractivity contribution in [1.29, 1.82) is 0 Å². The Labute approximate surface area is 164 Å². The Morgan fingerprint density at radius 3 is 2.64 bits per heavy atom. The van der Waals surface area contributed by atoms with E-state index in [1.165, 1.54) is 24.5 Å². The molecule has 3 aromatic rings. The van der Waals surface area contributed by atoms with Crippen LogP contribution in [0.15, 0.2) is 46.0 Å². The topological polar surface area (TPSA) is 72.2 Å². The molecule has 1 aliphatic rings. The number of furan rings is 1. The number of fused-ring (bicyclic) bond motifs is 1. The van der Waals surface area contributed by atoms with Crippen molar-refractivity contribution < 1.29 is 27.2 Å². The molecule has 1 aliphatic heterocycles. The van der Waals surface area contributed by atoms with Crippen LogP contribution < -0.4 is 5.32 Å². The van der Waals surface area contributed by atoms with Gasteiger partial charge >= 0.3 is 6.18 Å². The first-order valence-corrected chi connectivity index (χ1v) is 8.91. The van der Waals surface area contributed by atoms with Crippen LogP contribution in [-0.2, 0) is 11.0 Å². The molecular weight excluding hydrogens is 417 g/mol. The average molecular weight is 425 g/mol. The minimum Gasteiger partial charge on any atom is -0.456 e. The molecule has 0 atom stereocenters. The number of benzene rings is 1. The van der Waals surface area contributed by atoms with Crippen molar-refractivity contribution in [2.75, 3.05) is 0 Å². The largest absolute Gasteiger partial charge is 0.456 e. The van der Waals surface area contributed by atoms with Gasteiger partial charge in [-0.2, -0.15) is 13.2 Å². The number of imide groups is 1. The smallest absolute Gasteiger partial charge is 0.417 e. The molecule has 142 valence electrons. The molecule has 1 fully saturated rings. The summed E-state index contributed by atoms with van der Waals surface area (Å²) in [6.07, 6.45) is -0.352. The Morgan fingerprint density at radius 2 is 1.96 bits per heavy atom. The molecule has 2 amide bonds. The molecule has 1 aromatic carbocycles. The monoisotopic (exact) mass is 424 g/mol. The average Bonchev–Trinajstić information content (AvgIpc) is 3.16. The fraction of sp³-hybridized carbons (Fsp3) is 0.0556. The second-order valence-electron chi connectivity index (χ2n) is 5.80. The summed E-state index contributed by atoms with van der Waals surface area (Å²) < 4.78 is 45.2. The summed E-state index contributed by atoms with van der Waals surface area (Å²) in [5.41, 5.74) is -0.0994. The fourth-order valence-electron chi connectivity index (χ4n) is 2.72. The van der Waals surface area contributed by atoms with E-state index in [0.29, 0.717) is 16.5 Å². The van der Waals surface area contributed by atoms with E-state index in [0.717, 1.165) is 23.9 Å². The van der Waals surface area contributed by atoms with E-state index >= 15 is 0 Å². The predicted molar refractivity (Wildman–Crippen MR) is 98.6 cm³/mol. The van der Waals surface area contributed by atoms with E-state index in [1.807, 2.05) is 0 Å². The summed E-state index contributed by atoms with van der Waals surface area (Å²) in [6, 6.07) is 5.11. The lowest BCUT2D eigenvalue weighted by Crippen LogP contribution is -2.17. The van der Waals surface area contributed by atoms with Crippen LogP contribution in [0.2, 0.25) is 5.02 Å². The van der Waals surface area contributed by atoms with Crippen LogP contribution >= 0.6 is 23.4 Å². The third-order valence-electron chi connectivity index (χ3n) is 3.94. The second kappa shape index (κ2) is 6.68. The molecule has 5 nitrogen and oxygen atoms in total. The Balaban J connectivity index is 1.82. The van der Waals surface area contributed by atoms with Crippen molar-refractivity contribution in [3.05, 3.63) is 57.9 Å². The number of amides is 2. The van der Waals surface area contributed by atoms with Gasteiger partial charge in [0.15, 0.2) is 0 Å². The number of alkyl halides is 3. The third-order valence-corrected chi connectivity index (χ3v) is 5.08. The minimum atomic E-state index is -4.60. The first kappa shape index (κ1) is 18.6. The molecule has 4 rings (SSSR count). The van der Waals surface area contributed by atoms with Crippen molar-refractivity contribution in [2.45, 2.75) is 6.18 Å². The molecule has 1 saturated heterocycles. The Morgan fingerprint density at radius 1 is 1.18 bits per heavy atom. The number of pyridine rings is 1. The zero-order valence-corrected chi connectivity index (χ0v) is 15.2. The zero-order chi connectivity index (χ0) is 20.1. The molecule has 0 bridgehead atoms. The Hall–Kier alpha value is -2.78. The van der Waals surface area contributed by atoms with E-state index < -0.39 is 27.9 Å². The molecule has 3 heterocycles. The highest BCUT2D eigenvalue weighted by molar-refractivity contribution is 8.18. The summed E-state index contributed by atoms with van der Waals surface area (Å²) in [4.78, 5) is 27.1. The van der Waals surface area contributed by atoms with Crippen molar-refractivity contribution >= 4 is 51.6 Å². The molecule has 1 N–H and O–H groups in total. The number of carbonyl (C=O) groups excluding carboxylic acids is 2. The molecule has 0 aliphatic carbocycles. The number of hydrogen-bond acceptors (Lipinski definition) is 5. The number of nitrogens with zero attached hydrogens (tertiary/aromatic N) is 1. The summed E-state index contributed by atoms with van der Waals surface area (Å²) in [5, 5.41) is 1.76. The van der Waals surface area contributed by atoms with Gasteiger partial charge in [-0.3, -0.25) is 19.9 Å². The van der Waals surface area contributed by atoms with Gasteiger partial charge in [-0.05, 0) is 35.5 Å². The summed E-state index contributed by atoms with van der Waals surface area (Å²) in [7, 11) is 0. The molecule has 0 unspecified atom stereocenters. The predicted octanol–water partition coefficient (Wildman–Crippen LogP) is 5.49. The normalized spacial score (nSPS) is 16.2. The number of carbonyl (C=O) groups is 2. The van der Waals surface area contributed by atoms with Gasteiger partial charge in [0.25, 0.3) is 11.1 Å². The molecule has 0 radical (unpaired) electrons. The summed E-state index contributed by atoms with van der Waals surface area (Å²) >= 11 is 6.41. The third kappa shape index (κ3) is 3.38. The molecule has 0 saturated carbocycles. The van der Waals surface area contributed by atoms with Gasteiger partial charge in [0.05, 0.1) is 15.5 Å². The quantitative estimate of drug-likeness (QED) is 0.551. The van der Waals surface area contributed by atoms with E-state index in [4.69, 9.17) is 16.0 Å². The molecular formula is C18H8ClF3N2O3S. The van der Waals surface area contributed by atoms with Crippen LogP contribution in [0, 0.1) is 0 Å². The van der Waals surface area contributed by atoms with Crippen LogP contribution in [0.1, 0.15) is 11.3 Å². The molecule has 0 spiro atoms. The molecule has 28 heavy (non-hydrogen) atoms. The summed E-state index contributed by atoms with van der Waals surface area (Å²) in [5.74, 6) is -0.275. The van der Waals surface area contributed by atoms with Crippen LogP contribution in [0.25, 0.3) is 28.2 Å². The highest BCUT2D eigenvalue weighted by atomic mass is 35.5. The van der Waals surface area contributed by atoms with Gasteiger partial charge in [0, 0.05) is 29.4 Å². The number of rotatable bonds is 2. The maximum Gasteiger partial charge on any atom is 0.417 e. The lowest BCUT2D eigenvalue weighted by molar-refractivity contribution is -0.137. The number of nitrogens with one attached hydrogen (secondary N) is 1. The number of thioether (sulfide) groups is 1. The van der Waals surface area contributed by atoms with Crippen molar-refractivity contribution in [3.63, 3.8) is 0 Å². The minimum absolute atomic E-state index is 0.157. The van der Waals surface area contributed by atoms with Gasteiger partial charge in [0.2, 0.25) is 0 Å². The van der Waals surface area contributed by atoms with E-state index in [-0.39, 0.29) is 16.2 Å². The number of hydrogen-bond donors (Lipinski definition) is 1. The maximum atomic E-state index is 13.2. The maximum absolute atomic E-state index is 13.2. The van der Waals surface area contributed by atoms with Gasteiger partial charge < -0.3 is 4.42 Å². The first-order chi connectivity index (χ1) is 13.2. The van der Waals surface area contributed by atoms with Gasteiger partial charge in [0.1, 0.15) is 11.3 Å². The molecule has 10 heteroatoms. The first-order valence-electron chi connectivity index (χ1n) is 7.72. The lowest BCUT2D eigenvalue weighted by atomic mass is 10.0. The Kier molecular flexibility index (Phi) is 4.43. The van der Waals surface area contributed by atoms with Gasteiger partial charge in [-0.15, -0.1) is 0 Å². The van der Waals surface area contributed by atoms with E-state index in [1.54, 1.807) is 6.07 Å². The van der Waals surface area contributed by atoms with Crippen LogP contribution in [0.4, 0.5) is 18.0 Å². The second-order valence-corrected chi connectivity index (χ2v) is 7.22. The van der Waals surface area contributed by atoms with Crippen LogP contribution in [0.3, 0.4) is 0 Å². The van der Waals surface area contributed by atoms with E-state index in [9.17, 15) is 22.8 Å². The lowest BCUT2D eigenvalue weighted by Gasteiger charge is -2.11. The summed E-state index contributed by atoms with van der Waals surface area (Å²) in [6.45, 7) is 0. The van der Waals surface area contributed by atoms with Crippen molar-refractivity contribution in [1.82, 2.24) is 10.3 Å². The van der Waals surface area contributed by atoms with Crippen molar-refractivity contribution in [3.8, 4) is 11.1 Å². The molecule has 2 aromatic heterocycles. The highest BCUT2D eigenvalue weighted by Gasteiger charge is 2.33. The van der Waals surface area contributed by atoms with Crippen LogP contribution in [0.5, 0.6) is 0 Å². The zero-order valence-electron chi connectivity index (χ0n) is 13.6. The van der Waals surface area contributed by atoms with Gasteiger partial charge in [-0.25, -0.2) is 0 Å². The SMILES string of the molecule is O=C1NC(=O)C(=Cc2cc3cncc(-c4ccc(Cl)c(C(F)(F)F)c4)c3o2)S1. The van der Waals surface area contributed by atoms with E-state index in [2.05, 4.69) is 10.3 Å². The van der Waals surface area contributed by atoms with Gasteiger partial charge in [-0.1, -0.05) is 17.7 Å². The standard InChI is InChI=1S/C18H8ClF3N2O3S/c19-13-2-1-8(4-12(13)18(20,21)22)11-7-23-6-9-3-10(27-15(9)11)5-14-16(25)24-17(26)28-14/h1-7H,(H,24,25,26). The fourth-order valence-corrected chi connectivity index (χ4v) is 3.61. The Bertz CT molecular complexity index is 1170.